The number of piperidine rings is 1. The molecule has 5 nitrogen and oxygen atoms in total. The third-order valence-corrected chi connectivity index (χ3v) is 4.80. The molecule has 1 aromatic carbocycles. The van der Waals surface area contributed by atoms with E-state index in [1.807, 2.05) is 13.2 Å². The molecule has 0 saturated carbocycles. The van der Waals surface area contributed by atoms with Crippen molar-refractivity contribution in [3.8, 4) is 0 Å². The number of hydrogen-bond acceptors (Lipinski definition) is 2. The van der Waals surface area contributed by atoms with E-state index < -0.39 is 0 Å². The second-order valence-electron chi connectivity index (χ2n) is 6.87. The van der Waals surface area contributed by atoms with Gasteiger partial charge < -0.3 is 14.8 Å². The number of guanidine groups is 1. The van der Waals surface area contributed by atoms with E-state index in [-0.39, 0.29) is 24.0 Å². The highest BCUT2D eigenvalue weighted by molar-refractivity contribution is 14.0. The number of aliphatic imine (C=N–C) groups is 1. The quantitative estimate of drug-likeness (QED) is 0.417. The number of imidazole rings is 1. The largest absolute Gasteiger partial charge is 0.356 e. The first-order valence-electron chi connectivity index (χ1n) is 9.26. The zero-order valence-electron chi connectivity index (χ0n) is 15.8. The maximum absolute atomic E-state index is 4.53. The van der Waals surface area contributed by atoms with Crippen molar-refractivity contribution in [1.82, 2.24) is 19.8 Å². The van der Waals surface area contributed by atoms with Crippen molar-refractivity contribution in [3.05, 3.63) is 54.1 Å². The molecular formula is C20H30IN5. The van der Waals surface area contributed by atoms with E-state index in [0.29, 0.717) is 0 Å². The first kappa shape index (κ1) is 20.7. The third-order valence-electron chi connectivity index (χ3n) is 4.80. The van der Waals surface area contributed by atoms with Crippen LogP contribution in [0.15, 0.2) is 47.7 Å². The van der Waals surface area contributed by atoms with Gasteiger partial charge in [0.05, 0.1) is 0 Å². The smallest absolute Gasteiger partial charge is 0.193 e. The van der Waals surface area contributed by atoms with Crippen molar-refractivity contribution >= 4 is 29.9 Å². The van der Waals surface area contributed by atoms with Gasteiger partial charge in [-0.25, -0.2) is 4.98 Å². The molecule has 1 aromatic heterocycles. The first-order chi connectivity index (χ1) is 12.3. The summed E-state index contributed by atoms with van der Waals surface area (Å²) in [5, 5.41) is 3.51. The van der Waals surface area contributed by atoms with E-state index in [2.05, 4.69) is 68.2 Å². The Morgan fingerprint density at radius 1 is 1.31 bits per heavy atom. The van der Waals surface area contributed by atoms with Gasteiger partial charge in [0.2, 0.25) is 0 Å². The Morgan fingerprint density at radius 2 is 2.12 bits per heavy atom. The average molecular weight is 467 g/mol. The average Bonchev–Trinajstić information content (AvgIpc) is 3.06. The normalized spacial score (nSPS) is 17.7. The van der Waals surface area contributed by atoms with Crippen molar-refractivity contribution in [3.63, 3.8) is 0 Å². The van der Waals surface area contributed by atoms with Crippen LogP contribution in [0.5, 0.6) is 0 Å². The molecule has 1 atom stereocenters. The molecule has 0 spiro atoms. The lowest BCUT2D eigenvalue weighted by Crippen LogP contribution is -2.46. The van der Waals surface area contributed by atoms with Gasteiger partial charge in [-0.3, -0.25) is 4.99 Å². The van der Waals surface area contributed by atoms with Gasteiger partial charge in [0.15, 0.2) is 5.96 Å². The van der Waals surface area contributed by atoms with Crippen LogP contribution in [0.1, 0.15) is 31.2 Å². The van der Waals surface area contributed by atoms with Crippen LogP contribution in [0.4, 0.5) is 0 Å². The minimum atomic E-state index is 0. The van der Waals surface area contributed by atoms with E-state index in [1.165, 1.54) is 18.4 Å². The molecular weight excluding hydrogens is 437 g/mol. The summed E-state index contributed by atoms with van der Waals surface area (Å²) in [6.45, 7) is 6.24. The second kappa shape index (κ2) is 10.5. The number of nitrogens with zero attached hydrogens (tertiary/aromatic N) is 4. The molecule has 142 valence electrons. The van der Waals surface area contributed by atoms with Crippen LogP contribution in [0, 0.1) is 5.92 Å². The molecule has 1 saturated heterocycles. The predicted octanol–water partition coefficient (Wildman–Crippen LogP) is 3.40. The molecule has 2 heterocycles. The van der Waals surface area contributed by atoms with Crippen LogP contribution in [-0.4, -0.2) is 47.1 Å². The minimum absolute atomic E-state index is 0. The van der Waals surface area contributed by atoms with Crippen LogP contribution in [0.25, 0.3) is 0 Å². The molecule has 1 aliphatic rings. The van der Waals surface area contributed by atoms with Gasteiger partial charge in [-0.2, -0.15) is 0 Å². The summed E-state index contributed by atoms with van der Waals surface area (Å²) < 4.78 is 2.22. The Kier molecular flexibility index (Phi) is 8.41. The molecule has 0 bridgehead atoms. The summed E-state index contributed by atoms with van der Waals surface area (Å²) >= 11 is 0. The Hall–Kier alpha value is -1.57. The van der Waals surface area contributed by atoms with Crippen molar-refractivity contribution < 1.29 is 0 Å². The molecule has 6 heteroatoms. The minimum Gasteiger partial charge on any atom is -0.356 e. The fraction of sp³-hybridized carbons (Fsp3) is 0.500. The predicted molar refractivity (Wildman–Crippen MR) is 118 cm³/mol. The van der Waals surface area contributed by atoms with Crippen molar-refractivity contribution in [2.75, 3.05) is 26.7 Å². The number of hydrogen-bond donors (Lipinski definition) is 1. The molecule has 0 amide bonds. The molecule has 1 N–H and O–H groups in total. The highest BCUT2D eigenvalue weighted by Gasteiger charge is 2.19. The summed E-state index contributed by atoms with van der Waals surface area (Å²) in [6, 6.07) is 10.5. The summed E-state index contributed by atoms with van der Waals surface area (Å²) in [5.41, 5.74) is 1.30. The molecule has 0 aliphatic carbocycles. The van der Waals surface area contributed by atoms with Crippen LogP contribution in [0.3, 0.4) is 0 Å². The fourth-order valence-corrected chi connectivity index (χ4v) is 3.49. The van der Waals surface area contributed by atoms with Gasteiger partial charge in [0.1, 0.15) is 5.82 Å². The van der Waals surface area contributed by atoms with Gasteiger partial charge in [-0.1, -0.05) is 37.3 Å². The highest BCUT2D eigenvalue weighted by Crippen LogP contribution is 2.15. The standard InChI is InChI=1S/C20H29N5.HI/c1-17-7-6-13-25(15-17)20(21-2)23-11-10-19-22-12-14-24(19)16-18-8-4-3-5-9-18;/h3-5,8-9,12,14,17H,6-7,10-11,13,15-16H2,1-2H3,(H,21,23);1H. The lowest BCUT2D eigenvalue weighted by molar-refractivity contribution is 0.266. The molecule has 2 aromatic rings. The molecule has 0 radical (unpaired) electrons. The van der Waals surface area contributed by atoms with Gasteiger partial charge in [0.25, 0.3) is 0 Å². The highest BCUT2D eigenvalue weighted by atomic mass is 127. The Morgan fingerprint density at radius 3 is 2.85 bits per heavy atom. The monoisotopic (exact) mass is 467 g/mol. The van der Waals surface area contributed by atoms with Crippen LogP contribution >= 0.6 is 24.0 Å². The molecule has 1 aliphatic heterocycles. The van der Waals surface area contributed by atoms with Gasteiger partial charge >= 0.3 is 0 Å². The van der Waals surface area contributed by atoms with Gasteiger partial charge in [-0.15, -0.1) is 24.0 Å². The van der Waals surface area contributed by atoms with E-state index in [4.69, 9.17) is 0 Å². The third kappa shape index (κ3) is 5.72. The SMILES string of the molecule is CN=C(NCCc1nccn1Cc1ccccc1)N1CCCC(C)C1.I. The topological polar surface area (TPSA) is 45.5 Å². The summed E-state index contributed by atoms with van der Waals surface area (Å²) in [4.78, 5) is 11.4. The number of aromatic nitrogens is 2. The lowest BCUT2D eigenvalue weighted by atomic mass is 10.0. The Balaban J connectivity index is 0.00000243. The maximum Gasteiger partial charge on any atom is 0.193 e. The van der Waals surface area contributed by atoms with Crippen LogP contribution in [-0.2, 0) is 13.0 Å². The molecule has 1 unspecified atom stereocenters. The number of likely N-dealkylation sites (tertiary alicyclic amines) is 1. The zero-order chi connectivity index (χ0) is 17.5. The number of rotatable bonds is 5. The second-order valence-corrected chi connectivity index (χ2v) is 6.87. The molecule has 3 rings (SSSR count). The van der Waals surface area contributed by atoms with Crippen LogP contribution < -0.4 is 5.32 Å². The zero-order valence-corrected chi connectivity index (χ0v) is 18.1. The maximum atomic E-state index is 4.53. The van der Waals surface area contributed by atoms with Gasteiger partial charge in [-0.05, 0) is 24.3 Å². The van der Waals surface area contributed by atoms with E-state index in [1.54, 1.807) is 0 Å². The fourth-order valence-electron chi connectivity index (χ4n) is 3.49. The van der Waals surface area contributed by atoms with Crippen molar-refractivity contribution in [2.24, 2.45) is 10.9 Å². The van der Waals surface area contributed by atoms with E-state index >= 15 is 0 Å². The van der Waals surface area contributed by atoms with E-state index in [9.17, 15) is 0 Å². The molecule has 26 heavy (non-hydrogen) atoms. The number of halogens is 1. The molecule has 1 fully saturated rings. The Bertz CT molecular complexity index is 683. The Labute approximate surface area is 173 Å². The van der Waals surface area contributed by atoms with Crippen molar-refractivity contribution in [2.45, 2.75) is 32.7 Å². The number of benzene rings is 1. The van der Waals surface area contributed by atoms with Crippen molar-refractivity contribution in [1.29, 1.82) is 0 Å². The summed E-state index contributed by atoms with van der Waals surface area (Å²) in [6.07, 6.45) is 7.42. The summed E-state index contributed by atoms with van der Waals surface area (Å²) in [7, 11) is 1.87. The van der Waals surface area contributed by atoms with Crippen LogP contribution in [0.2, 0.25) is 0 Å². The summed E-state index contributed by atoms with van der Waals surface area (Å²) in [5.74, 6) is 2.88. The lowest BCUT2D eigenvalue weighted by Gasteiger charge is -2.33. The number of nitrogens with one attached hydrogen (secondary N) is 1. The first-order valence-corrected chi connectivity index (χ1v) is 9.26. The van der Waals surface area contributed by atoms with E-state index in [0.717, 1.165) is 50.3 Å². The van der Waals surface area contributed by atoms with Gasteiger partial charge in [0, 0.05) is 52.0 Å².